The van der Waals surface area contributed by atoms with Gasteiger partial charge in [-0.3, -0.25) is 4.79 Å². The predicted octanol–water partition coefficient (Wildman–Crippen LogP) is 2.28. The fraction of sp³-hybridized carbons (Fsp3) is 0.118. The third-order valence-corrected chi connectivity index (χ3v) is 3.47. The summed E-state index contributed by atoms with van der Waals surface area (Å²) in [6.07, 6.45) is -0.498. The average molecular weight is 292 g/mol. The van der Waals surface area contributed by atoms with Crippen LogP contribution in [0.2, 0.25) is 0 Å². The van der Waals surface area contributed by atoms with E-state index in [2.05, 4.69) is 5.32 Å². The Morgan fingerprint density at radius 2 is 1.91 bits per heavy atom. The maximum absolute atomic E-state index is 12.2. The summed E-state index contributed by atoms with van der Waals surface area (Å²) in [5.41, 5.74) is 2.37. The number of rotatable bonds is 2. The van der Waals surface area contributed by atoms with Crippen LogP contribution in [0.25, 0.3) is 0 Å². The molecule has 1 heterocycles. The van der Waals surface area contributed by atoms with Crippen molar-refractivity contribution < 1.29 is 14.3 Å². The Labute approximate surface area is 127 Å². The smallest absolute Gasteiger partial charge is 0.339 e. The number of cyclic esters (lactones) is 1. The number of nitriles is 1. The second-order valence-electron chi connectivity index (χ2n) is 4.93. The molecule has 0 saturated heterocycles. The van der Waals surface area contributed by atoms with E-state index in [1.54, 1.807) is 36.4 Å². The van der Waals surface area contributed by atoms with E-state index in [-0.39, 0.29) is 5.91 Å². The van der Waals surface area contributed by atoms with E-state index >= 15 is 0 Å². The van der Waals surface area contributed by atoms with Gasteiger partial charge < -0.3 is 10.1 Å². The molecule has 3 rings (SSSR count). The molecule has 5 nitrogen and oxygen atoms in total. The number of nitrogens with one attached hydrogen (secondary N) is 1. The number of hydrogen-bond donors (Lipinski definition) is 1. The van der Waals surface area contributed by atoms with Crippen LogP contribution in [0.3, 0.4) is 0 Å². The molecular formula is C17H12N2O3. The zero-order valence-electron chi connectivity index (χ0n) is 11.6. The van der Waals surface area contributed by atoms with Gasteiger partial charge in [0.2, 0.25) is 0 Å². The molecule has 1 aliphatic rings. The highest BCUT2D eigenvalue weighted by atomic mass is 16.5. The van der Waals surface area contributed by atoms with Crippen LogP contribution in [-0.4, -0.2) is 18.0 Å². The minimum atomic E-state index is -0.849. The van der Waals surface area contributed by atoms with Crippen molar-refractivity contribution in [1.82, 2.24) is 0 Å². The minimum Gasteiger partial charge on any atom is -0.448 e. The molecule has 2 aromatic rings. The van der Waals surface area contributed by atoms with Crippen molar-refractivity contribution in [1.29, 1.82) is 5.26 Å². The first-order chi connectivity index (χ1) is 10.7. The molecule has 0 radical (unpaired) electrons. The molecule has 0 fully saturated rings. The Kier molecular flexibility index (Phi) is 3.58. The van der Waals surface area contributed by atoms with E-state index in [4.69, 9.17) is 10.00 Å². The van der Waals surface area contributed by atoms with Crippen molar-refractivity contribution in [2.75, 3.05) is 5.32 Å². The van der Waals surface area contributed by atoms with E-state index < -0.39 is 12.1 Å². The first kappa shape index (κ1) is 13.8. The summed E-state index contributed by atoms with van der Waals surface area (Å²) in [4.78, 5) is 24.1. The van der Waals surface area contributed by atoms with E-state index in [1.807, 2.05) is 18.2 Å². The lowest BCUT2D eigenvalue weighted by Gasteiger charge is -2.23. The minimum absolute atomic E-state index is 0.351. The number of fused-ring (bicyclic) bond motifs is 1. The van der Waals surface area contributed by atoms with Gasteiger partial charge in [0, 0.05) is 12.1 Å². The molecule has 0 unspecified atom stereocenters. The van der Waals surface area contributed by atoms with Gasteiger partial charge in [-0.2, -0.15) is 5.26 Å². The largest absolute Gasteiger partial charge is 0.448 e. The zero-order chi connectivity index (χ0) is 15.5. The Balaban J connectivity index is 1.73. The SMILES string of the molecule is N#Cc1ccc(NC(=O)[C@H]2Cc3ccccc3C(=O)O2)cc1. The summed E-state index contributed by atoms with van der Waals surface area (Å²) in [6, 6.07) is 15.6. The van der Waals surface area contributed by atoms with Crippen LogP contribution in [-0.2, 0) is 16.0 Å². The maximum atomic E-state index is 12.2. The van der Waals surface area contributed by atoms with Crippen LogP contribution in [0.5, 0.6) is 0 Å². The molecule has 2 aromatic carbocycles. The number of carbonyl (C=O) groups excluding carboxylic acids is 2. The molecule has 22 heavy (non-hydrogen) atoms. The molecule has 0 aromatic heterocycles. The van der Waals surface area contributed by atoms with Gasteiger partial charge in [-0.15, -0.1) is 0 Å². The van der Waals surface area contributed by atoms with Gasteiger partial charge in [-0.05, 0) is 35.9 Å². The highest BCUT2D eigenvalue weighted by Gasteiger charge is 2.30. The van der Waals surface area contributed by atoms with Crippen molar-refractivity contribution >= 4 is 17.6 Å². The van der Waals surface area contributed by atoms with Gasteiger partial charge in [0.1, 0.15) is 0 Å². The van der Waals surface area contributed by atoms with Gasteiger partial charge in [0.25, 0.3) is 5.91 Å². The molecule has 108 valence electrons. The second kappa shape index (κ2) is 5.70. The lowest BCUT2D eigenvalue weighted by molar-refractivity contribution is -0.125. The van der Waals surface area contributed by atoms with E-state index in [0.717, 1.165) is 5.56 Å². The summed E-state index contributed by atoms with van der Waals surface area (Å²) in [7, 11) is 0. The lowest BCUT2D eigenvalue weighted by Crippen LogP contribution is -2.37. The molecule has 1 amide bonds. The zero-order valence-corrected chi connectivity index (χ0v) is 11.6. The normalized spacial score (nSPS) is 16.1. The lowest BCUT2D eigenvalue weighted by atomic mass is 9.98. The summed E-state index contributed by atoms with van der Waals surface area (Å²) in [5.74, 6) is -0.866. The monoisotopic (exact) mass is 292 g/mol. The fourth-order valence-electron chi connectivity index (χ4n) is 2.33. The second-order valence-corrected chi connectivity index (χ2v) is 4.93. The summed E-state index contributed by atoms with van der Waals surface area (Å²) in [5, 5.41) is 11.4. The van der Waals surface area contributed by atoms with E-state index in [1.165, 1.54) is 0 Å². The molecular weight excluding hydrogens is 280 g/mol. The van der Waals surface area contributed by atoms with Crippen LogP contribution in [0.1, 0.15) is 21.5 Å². The van der Waals surface area contributed by atoms with Crippen LogP contribution in [0.15, 0.2) is 48.5 Å². The molecule has 0 bridgehead atoms. The number of benzene rings is 2. The first-order valence-corrected chi connectivity index (χ1v) is 6.77. The molecule has 1 aliphatic heterocycles. The predicted molar refractivity (Wildman–Crippen MR) is 79.1 cm³/mol. The third kappa shape index (κ3) is 2.67. The molecule has 0 aliphatic carbocycles. The van der Waals surface area contributed by atoms with Crippen LogP contribution in [0, 0.1) is 11.3 Å². The number of carbonyl (C=O) groups is 2. The number of amides is 1. The number of nitrogens with zero attached hydrogens (tertiary/aromatic N) is 1. The Hall–Kier alpha value is -3.13. The third-order valence-electron chi connectivity index (χ3n) is 3.47. The standard InChI is InChI=1S/C17H12N2O3/c18-10-11-5-7-13(8-6-11)19-16(20)15-9-12-3-1-2-4-14(12)17(21)22-15/h1-8,15H,9H2,(H,19,20)/t15-/m1/s1. The van der Waals surface area contributed by atoms with Crippen molar-refractivity contribution in [2.45, 2.75) is 12.5 Å². The Bertz CT molecular complexity index is 775. The van der Waals surface area contributed by atoms with Crippen LogP contribution in [0.4, 0.5) is 5.69 Å². The summed E-state index contributed by atoms with van der Waals surface area (Å²) in [6.45, 7) is 0. The Morgan fingerprint density at radius 3 is 2.64 bits per heavy atom. The highest BCUT2D eigenvalue weighted by molar-refractivity contribution is 6.00. The fourth-order valence-corrected chi connectivity index (χ4v) is 2.33. The van der Waals surface area contributed by atoms with Gasteiger partial charge in [-0.1, -0.05) is 18.2 Å². The van der Waals surface area contributed by atoms with Crippen molar-refractivity contribution in [2.24, 2.45) is 0 Å². The van der Waals surface area contributed by atoms with Crippen molar-refractivity contribution in [3.63, 3.8) is 0 Å². The van der Waals surface area contributed by atoms with E-state index in [0.29, 0.717) is 23.2 Å². The van der Waals surface area contributed by atoms with Gasteiger partial charge >= 0.3 is 5.97 Å². The summed E-state index contributed by atoms with van der Waals surface area (Å²) < 4.78 is 5.19. The average Bonchev–Trinajstić information content (AvgIpc) is 2.55. The van der Waals surface area contributed by atoms with Gasteiger partial charge in [-0.25, -0.2) is 4.79 Å². The Morgan fingerprint density at radius 1 is 1.18 bits per heavy atom. The summed E-state index contributed by atoms with van der Waals surface area (Å²) >= 11 is 0. The van der Waals surface area contributed by atoms with E-state index in [9.17, 15) is 9.59 Å². The number of ether oxygens (including phenoxy) is 1. The highest BCUT2D eigenvalue weighted by Crippen LogP contribution is 2.21. The number of hydrogen-bond acceptors (Lipinski definition) is 4. The molecule has 0 saturated carbocycles. The number of anilines is 1. The quantitative estimate of drug-likeness (QED) is 0.861. The first-order valence-electron chi connectivity index (χ1n) is 6.77. The van der Waals surface area contributed by atoms with Crippen molar-refractivity contribution in [3.8, 4) is 6.07 Å². The topological polar surface area (TPSA) is 79.2 Å². The van der Waals surface area contributed by atoms with Crippen LogP contribution >= 0.6 is 0 Å². The van der Waals surface area contributed by atoms with Crippen LogP contribution < -0.4 is 5.32 Å². The van der Waals surface area contributed by atoms with Gasteiger partial charge in [0.05, 0.1) is 17.2 Å². The molecule has 5 heteroatoms. The van der Waals surface area contributed by atoms with Gasteiger partial charge in [0.15, 0.2) is 6.10 Å². The maximum Gasteiger partial charge on any atom is 0.339 e. The van der Waals surface area contributed by atoms with Crippen molar-refractivity contribution in [3.05, 3.63) is 65.2 Å². The molecule has 1 atom stereocenters. The molecule has 0 spiro atoms. The number of esters is 1. The molecule has 1 N–H and O–H groups in total.